The molecule has 0 aromatic heterocycles. The van der Waals surface area contributed by atoms with Gasteiger partial charge in [0.25, 0.3) is 0 Å². The van der Waals surface area contributed by atoms with Crippen molar-refractivity contribution < 1.29 is 14.0 Å². The molecule has 0 N–H and O–H groups in total. The van der Waals surface area contributed by atoms with Gasteiger partial charge in [0, 0.05) is 19.0 Å². The number of amides is 1. The smallest absolute Gasteiger partial charge is 0.410 e. The molecule has 0 bridgehead atoms. The molecule has 0 spiro atoms. The van der Waals surface area contributed by atoms with Gasteiger partial charge in [-0.25, -0.2) is 4.79 Å². The van der Waals surface area contributed by atoms with Crippen LogP contribution in [-0.2, 0) is 9.16 Å². The number of rotatable bonds is 4. The van der Waals surface area contributed by atoms with Gasteiger partial charge in [-0.15, -0.1) is 0 Å². The highest BCUT2D eigenvalue weighted by atomic mass is 28.4. The van der Waals surface area contributed by atoms with E-state index in [4.69, 9.17) is 9.16 Å². The molecular weight excluding hydrogens is 318 g/mol. The molecule has 2 atom stereocenters. The Hall–Kier alpha value is -0.813. The van der Waals surface area contributed by atoms with Crippen molar-refractivity contribution in [3.8, 4) is 0 Å². The highest BCUT2D eigenvalue weighted by Crippen LogP contribution is 2.39. The number of allylic oxidation sites excluding steroid dienone is 1. The Labute approximate surface area is 149 Å². The van der Waals surface area contributed by atoms with Gasteiger partial charge in [0.2, 0.25) is 0 Å². The lowest BCUT2D eigenvalue weighted by molar-refractivity contribution is 0.0272. The summed E-state index contributed by atoms with van der Waals surface area (Å²) in [7, 11) is -1.87. The van der Waals surface area contributed by atoms with Gasteiger partial charge in [0.05, 0.1) is 6.10 Å². The fraction of sp³-hybridized carbons (Fsp3) is 0.842. The van der Waals surface area contributed by atoms with Crippen molar-refractivity contribution in [1.29, 1.82) is 0 Å². The van der Waals surface area contributed by atoms with E-state index in [2.05, 4.69) is 52.9 Å². The molecule has 0 unspecified atom stereocenters. The van der Waals surface area contributed by atoms with E-state index in [1.807, 2.05) is 20.8 Å². The van der Waals surface area contributed by atoms with Crippen molar-refractivity contribution in [3.05, 3.63) is 12.2 Å². The normalized spacial score (nSPS) is 23.1. The van der Waals surface area contributed by atoms with E-state index in [-0.39, 0.29) is 23.2 Å². The molecule has 1 amide bonds. The Kier molecular flexibility index (Phi) is 6.73. The van der Waals surface area contributed by atoms with E-state index in [1.54, 1.807) is 4.90 Å². The highest BCUT2D eigenvalue weighted by Gasteiger charge is 2.44. The van der Waals surface area contributed by atoms with Gasteiger partial charge in [0.15, 0.2) is 8.32 Å². The fourth-order valence-corrected chi connectivity index (χ4v) is 3.81. The van der Waals surface area contributed by atoms with E-state index in [1.165, 1.54) is 0 Å². The second-order valence-electron chi connectivity index (χ2n) is 9.30. The van der Waals surface area contributed by atoms with Crippen LogP contribution in [0.15, 0.2) is 12.2 Å². The zero-order chi connectivity index (χ0) is 18.8. The maximum Gasteiger partial charge on any atom is 0.410 e. The molecule has 5 heteroatoms. The molecule has 0 aromatic carbocycles. The molecule has 0 aliphatic carbocycles. The molecule has 1 aliphatic heterocycles. The second-order valence-corrected chi connectivity index (χ2v) is 14.1. The Morgan fingerprint density at radius 2 is 1.75 bits per heavy atom. The molecule has 0 saturated carbocycles. The number of hydrogen-bond donors (Lipinski definition) is 0. The lowest BCUT2D eigenvalue weighted by atomic mass is 10.1. The van der Waals surface area contributed by atoms with Crippen molar-refractivity contribution in [2.24, 2.45) is 5.92 Å². The third-order valence-electron chi connectivity index (χ3n) is 4.83. The predicted octanol–water partition coefficient (Wildman–Crippen LogP) is 5.21. The van der Waals surface area contributed by atoms with Crippen LogP contribution >= 0.6 is 0 Å². The van der Waals surface area contributed by atoms with Crippen LogP contribution in [-0.4, -0.2) is 44.1 Å². The Balaban J connectivity index is 2.88. The van der Waals surface area contributed by atoms with E-state index in [0.717, 1.165) is 6.42 Å². The first-order valence-corrected chi connectivity index (χ1v) is 12.0. The SMILES string of the molecule is CC/C=C\[C@H]1CN(C(=O)OC(C)(C)C)C[C@@H]1O[Si](C)(C)C(C)(C)C. The zero-order valence-electron chi connectivity index (χ0n) is 17.1. The van der Waals surface area contributed by atoms with Crippen LogP contribution in [0.4, 0.5) is 4.79 Å². The summed E-state index contributed by atoms with van der Waals surface area (Å²) < 4.78 is 12.2. The lowest BCUT2D eigenvalue weighted by Crippen LogP contribution is -2.46. The van der Waals surface area contributed by atoms with E-state index in [0.29, 0.717) is 13.1 Å². The van der Waals surface area contributed by atoms with Crippen LogP contribution < -0.4 is 0 Å². The third kappa shape index (κ3) is 5.92. The van der Waals surface area contributed by atoms with Crippen LogP contribution in [0.5, 0.6) is 0 Å². The summed E-state index contributed by atoms with van der Waals surface area (Å²) >= 11 is 0. The number of hydrogen-bond acceptors (Lipinski definition) is 3. The number of carbonyl (C=O) groups is 1. The largest absolute Gasteiger partial charge is 0.444 e. The fourth-order valence-electron chi connectivity index (χ4n) is 2.45. The van der Waals surface area contributed by atoms with Crippen molar-refractivity contribution >= 4 is 14.4 Å². The molecule has 1 fully saturated rings. The maximum absolute atomic E-state index is 12.4. The first kappa shape index (κ1) is 21.2. The van der Waals surface area contributed by atoms with Crippen molar-refractivity contribution in [2.75, 3.05) is 13.1 Å². The van der Waals surface area contributed by atoms with Gasteiger partial charge in [-0.2, -0.15) is 0 Å². The van der Waals surface area contributed by atoms with Crippen LogP contribution in [0.1, 0.15) is 54.9 Å². The Morgan fingerprint density at radius 3 is 2.21 bits per heavy atom. The molecule has 1 heterocycles. The average molecular weight is 356 g/mol. The van der Waals surface area contributed by atoms with Crippen LogP contribution in [0.3, 0.4) is 0 Å². The Bertz CT molecular complexity index is 460. The molecule has 1 saturated heterocycles. The number of likely N-dealkylation sites (tertiary alicyclic amines) is 1. The minimum atomic E-state index is -1.87. The van der Waals surface area contributed by atoms with Gasteiger partial charge in [0.1, 0.15) is 5.60 Å². The van der Waals surface area contributed by atoms with Gasteiger partial charge < -0.3 is 14.1 Å². The highest BCUT2D eigenvalue weighted by molar-refractivity contribution is 6.74. The molecule has 1 aliphatic rings. The molecule has 24 heavy (non-hydrogen) atoms. The number of nitrogens with zero attached hydrogens (tertiary/aromatic N) is 1. The first-order chi connectivity index (χ1) is 10.8. The van der Waals surface area contributed by atoms with Gasteiger partial charge in [-0.05, 0) is 45.3 Å². The average Bonchev–Trinajstić information content (AvgIpc) is 2.75. The van der Waals surface area contributed by atoms with Crippen LogP contribution in [0.25, 0.3) is 0 Å². The summed E-state index contributed by atoms with van der Waals surface area (Å²) in [6.07, 6.45) is 5.20. The second kappa shape index (κ2) is 7.61. The topological polar surface area (TPSA) is 38.8 Å². The maximum atomic E-state index is 12.4. The minimum Gasteiger partial charge on any atom is -0.444 e. The van der Waals surface area contributed by atoms with Crippen molar-refractivity contribution in [1.82, 2.24) is 4.90 Å². The van der Waals surface area contributed by atoms with E-state index in [9.17, 15) is 4.79 Å². The Morgan fingerprint density at radius 1 is 1.17 bits per heavy atom. The molecule has 4 nitrogen and oxygen atoms in total. The number of carbonyl (C=O) groups excluding carboxylic acids is 1. The zero-order valence-corrected chi connectivity index (χ0v) is 18.1. The molecule has 0 radical (unpaired) electrons. The first-order valence-electron chi connectivity index (χ1n) is 9.09. The molecular formula is C19H37NO3Si. The summed E-state index contributed by atoms with van der Waals surface area (Å²) in [4.78, 5) is 14.2. The minimum absolute atomic E-state index is 0.0567. The van der Waals surface area contributed by atoms with Gasteiger partial charge in [-0.1, -0.05) is 39.8 Å². The van der Waals surface area contributed by atoms with Gasteiger partial charge >= 0.3 is 6.09 Å². The lowest BCUT2D eigenvalue weighted by Gasteiger charge is -2.39. The monoisotopic (exact) mass is 355 g/mol. The molecule has 140 valence electrons. The summed E-state index contributed by atoms with van der Waals surface area (Å²) in [5, 5.41) is 0.158. The van der Waals surface area contributed by atoms with Gasteiger partial charge in [-0.3, -0.25) is 0 Å². The quantitative estimate of drug-likeness (QED) is 0.513. The predicted molar refractivity (Wildman–Crippen MR) is 103 cm³/mol. The summed E-state index contributed by atoms with van der Waals surface area (Å²) in [6.45, 7) is 20.4. The molecule has 1 rings (SSSR count). The van der Waals surface area contributed by atoms with Crippen LogP contribution in [0, 0.1) is 5.92 Å². The summed E-state index contributed by atoms with van der Waals surface area (Å²) in [5.74, 6) is 0.242. The third-order valence-corrected chi connectivity index (χ3v) is 9.34. The molecule has 0 aromatic rings. The standard InChI is InChI=1S/C19H37NO3Si/c1-10-11-12-15-13-20(17(21)22-18(2,3)4)14-16(15)23-24(8,9)19(5,6)7/h11-12,15-16H,10,13-14H2,1-9H3/b12-11-/t15-,16-/m0/s1. The number of ether oxygens (including phenoxy) is 1. The van der Waals surface area contributed by atoms with Crippen molar-refractivity contribution in [2.45, 2.75) is 84.7 Å². The van der Waals surface area contributed by atoms with Crippen LogP contribution in [0.2, 0.25) is 18.1 Å². The summed E-state index contributed by atoms with van der Waals surface area (Å²) in [5.41, 5.74) is -0.468. The summed E-state index contributed by atoms with van der Waals surface area (Å²) in [6, 6.07) is 0. The van der Waals surface area contributed by atoms with Crippen molar-refractivity contribution in [3.63, 3.8) is 0 Å². The van der Waals surface area contributed by atoms with E-state index < -0.39 is 13.9 Å². The van der Waals surface area contributed by atoms with E-state index >= 15 is 0 Å².